The third-order valence-electron chi connectivity index (χ3n) is 3.89. The molecule has 6 nitrogen and oxygen atoms in total. The van der Waals surface area contributed by atoms with E-state index < -0.39 is 17.7 Å². The van der Waals surface area contributed by atoms with Gasteiger partial charge in [0.2, 0.25) is 5.91 Å². The molecule has 24 heavy (non-hydrogen) atoms. The zero-order valence-electron chi connectivity index (χ0n) is 14.5. The molecule has 1 aliphatic heterocycles. The molecule has 0 radical (unpaired) electrons. The first-order chi connectivity index (χ1) is 11.1. The van der Waals surface area contributed by atoms with E-state index in [1.165, 1.54) is 4.90 Å². The third kappa shape index (κ3) is 4.12. The van der Waals surface area contributed by atoms with E-state index >= 15 is 0 Å². The molecule has 0 bridgehead atoms. The maximum absolute atomic E-state index is 12.6. The molecule has 1 saturated heterocycles. The molecule has 0 aromatic heterocycles. The minimum atomic E-state index is -0.599. The van der Waals surface area contributed by atoms with Crippen LogP contribution in [-0.4, -0.2) is 35.1 Å². The summed E-state index contributed by atoms with van der Waals surface area (Å²) in [6, 6.07) is 2.79. The lowest BCUT2D eigenvalue weighted by molar-refractivity contribution is -0.120. The number of hydrogen-bond donors (Lipinski definition) is 2. The summed E-state index contributed by atoms with van der Waals surface area (Å²) in [6.07, 6.45) is 0.879. The van der Waals surface area contributed by atoms with Gasteiger partial charge in [0.1, 0.15) is 11.6 Å². The van der Waals surface area contributed by atoms with Gasteiger partial charge >= 0.3 is 6.09 Å². The Balaban J connectivity index is 2.11. The molecule has 132 valence electrons. The number of rotatable bonds is 2. The molecule has 1 aromatic carbocycles. The highest BCUT2D eigenvalue weighted by molar-refractivity contribution is 6.32. The molecule has 0 unspecified atom stereocenters. The van der Waals surface area contributed by atoms with Gasteiger partial charge in [0.25, 0.3) is 0 Å². The number of ether oxygens (including phenoxy) is 1. The number of hydrogen-bond acceptors (Lipinski definition) is 4. The summed E-state index contributed by atoms with van der Waals surface area (Å²) in [7, 11) is 0. The molecule has 1 fully saturated rings. The molecule has 0 spiro atoms. The van der Waals surface area contributed by atoms with Crippen molar-refractivity contribution in [2.75, 3.05) is 17.6 Å². The number of benzene rings is 1. The second kappa shape index (κ2) is 6.89. The first kappa shape index (κ1) is 18.4. The molecular formula is C17H24ClN3O3. The number of nitrogen functional groups attached to an aromatic ring is 1. The standard InChI is InChI=1S/C17H24ClN3O3/c1-10-11(18)7-8-12(14(10)19)20-15(22)13-6-5-9-21(13)16(23)24-17(2,3)4/h7-8,13H,5-6,9,19H2,1-4H3,(H,20,22)/t13-/m0/s1. The van der Waals surface area contributed by atoms with Crippen molar-refractivity contribution in [2.24, 2.45) is 0 Å². The van der Waals surface area contributed by atoms with Crippen molar-refractivity contribution in [3.05, 3.63) is 22.7 Å². The summed E-state index contributed by atoms with van der Waals surface area (Å²) in [5.41, 5.74) is 7.04. The first-order valence-corrected chi connectivity index (χ1v) is 8.33. The van der Waals surface area contributed by atoms with Gasteiger partial charge in [0.15, 0.2) is 0 Å². The predicted molar refractivity (Wildman–Crippen MR) is 95.2 cm³/mol. The number of nitrogens with two attached hydrogens (primary N) is 1. The number of amides is 2. The summed E-state index contributed by atoms with van der Waals surface area (Å²) in [4.78, 5) is 26.3. The highest BCUT2D eigenvalue weighted by Crippen LogP contribution is 2.29. The van der Waals surface area contributed by atoms with Crippen molar-refractivity contribution in [3.63, 3.8) is 0 Å². The van der Waals surface area contributed by atoms with E-state index in [1.54, 1.807) is 39.8 Å². The van der Waals surface area contributed by atoms with Crippen LogP contribution in [-0.2, 0) is 9.53 Å². The molecule has 0 saturated carbocycles. The minimum Gasteiger partial charge on any atom is -0.444 e. The van der Waals surface area contributed by atoms with Gasteiger partial charge in [0.05, 0.1) is 11.4 Å². The van der Waals surface area contributed by atoms with Gasteiger partial charge in [-0.15, -0.1) is 0 Å². The van der Waals surface area contributed by atoms with Crippen LogP contribution in [0.4, 0.5) is 16.2 Å². The Kier molecular flexibility index (Phi) is 5.28. The summed E-state index contributed by atoms with van der Waals surface area (Å²) >= 11 is 6.01. The maximum atomic E-state index is 12.6. The molecule has 7 heteroatoms. The molecule has 1 atom stereocenters. The molecule has 0 aliphatic carbocycles. The fourth-order valence-electron chi connectivity index (χ4n) is 2.61. The number of likely N-dealkylation sites (tertiary alicyclic amines) is 1. The summed E-state index contributed by atoms with van der Waals surface area (Å²) in [6.45, 7) is 7.69. The average molecular weight is 354 g/mol. The third-order valence-corrected chi connectivity index (χ3v) is 4.30. The lowest BCUT2D eigenvalue weighted by Crippen LogP contribution is -2.45. The highest BCUT2D eigenvalue weighted by atomic mass is 35.5. The van der Waals surface area contributed by atoms with Crippen LogP contribution in [0.1, 0.15) is 39.2 Å². The van der Waals surface area contributed by atoms with Crippen LogP contribution >= 0.6 is 11.6 Å². The highest BCUT2D eigenvalue weighted by Gasteiger charge is 2.36. The van der Waals surface area contributed by atoms with Crippen LogP contribution in [0.5, 0.6) is 0 Å². The molecular weight excluding hydrogens is 330 g/mol. The quantitative estimate of drug-likeness (QED) is 0.796. The van der Waals surface area contributed by atoms with E-state index in [-0.39, 0.29) is 5.91 Å². The van der Waals surface area contributed by atoms with Crippen LogP contribution < -0.4 is 11.1 Å². The zero-order chi connectivity index (χ0) is 18.1. The second-order valence-electron chi connectivity index (χ2n) is 6.95. The van der Waals surface area contributed by atoms with E-state index in [2.05, 4.69) is 5.32 Å². The zero-order valence-corrected chi connectivity index (χ0v) is 15.2. The first-order valence-electron chi connectivity index (χ1n) is 7.95. The predicted octanol–water partition coefficient (Wildman–Crippen LogP) is 3.57. The average Bonchev–Trinajstić information content (AvgIpc) is 2.96. The molecule has 1 heterocycles. The smallest absolute Gasteiger partial charge is 0.410 e. The van der Waals surface area contributed by atoms with Crippen molar-refractivity contribution in [3.8, 4) is 0 Å². The van der Waals surface area contributed by atoms with Crippen molar-refractivity contribution in [2.45, 2.75) is 52.2 Å². The van der Waals surface area contributed by atoms with Crippen LogP contribution in [0.3, 0.4) is 0 Å². The van der Waals surface area contributed by atoms with Crippen molar-refractivity contribution < 1.29 is 14.3 Å². The lowest BCUT2D eigenvalue weighted by atomic mass is 10.1. The number of nitrogens with one attached hydrogen (secondary N) is 1. The van der Waals surface area contributed by atoms with Gasteiger partial charge in [-0.05, 0) is 58.2 Å². The van der Waals surface area contributed by atoms with Gasteiger partial charge in [-0.25, -0.2) is 4.79 Å². The summed E-state index contributed by atoms with van der Waals surface area (Å²) in [5, 5.41) is 3.34. The van der Waals surface area contributed by atoms with E-state index in [9.17, 15) is 9.59 Å². The Morgan fingerprint density at radius 3 is 2.67 bits per heavy atom. The van der Waals surface area contributed by atoms with E-state index in [0.29, 0.717) is 34.9 Å². The van der Waals surface area contributed by atoms with Gasteiger partial charge in [-0.3, -0.25) is 9.69 Å². The monoisotopic (exact) mass is 353 g/mol. The van der Waals surface area contributed by atoms with Crippen LogP contribution in [0.2, 0.25) is 5.02 Å². The number of carbonyl (C=O) groups excluding carboxylic acids is 2. The normalized spacial score (nSPS) is 17.7. The van der Waals surface area contributed by atoms with Crippen molar-refractivity contribution in [1.82, 2.24) is 4.90 Å². The molecule has 2 rings (SSSR count). The Hall–Kier alpha value is -1.95. The molecule has 3 N–H and O–H groups in total. The van der Waals surface area contributed by atoms with Gasteiger partial charge in [-0.2, -0.15) is 0 Å². The van der Waals surface area contributed by atoms with Crippen molar-refractivity contribution >= 4 is 35.0 Å². The van der Waals surface area contributed by atoms with E-state index in [1.807, 2.05) is 0 Å². The van der Waals surface area contributed by atoms with Gasteiger partial charge in [0, 0.05) is 11.6 Å². The fourth-order valence-corrected chi connectivity index (χ4v) is 2.77. The van der Waals surface area contributed by atoms with Crippen LogP contribution in [0.15, 0.2) is 12.1 Å². The number of anilines is 2. The van der Waals surface area contributed by atoms with Gasteiger partial charge in [-0.1, -0.05) is 11.6 Å². The summed E-state index contributed by atoms with van der Waals surface area (Å²) < 4.78 is 5.38. The Labute approximate surface area is 147 Å². The summed E-state index contributed by atoms with van der Waals surface area (Å²) in [5.74, 6) is -0.271. The number of halogens is 1. The fraction of sp³-hybridized carbons (Fsp3) is 0.529. The topological polar surface area (TPSA) is 84.7 Å². The largest absolute Gasteiger partial charge is 0.444 e. The minimum absolute atomic E-state index is 0.271. The molecule has 1 aliphatic rings. The van der Waals surface area contributed by atoms with Crippen LogP contribution in [0.25, 0.3) is 0 Å². The molecule has 2 amide bonds. The molecule has 1 aromatic rings. The van der Waals surface area contributed by atoms with Crippen LogP contribution in [0, 0.1) is 6.92 Å². The SMILES string of the molecule is Cc1c(Cl)ccc(NC(=O)[C@@H]2CCCN2C(=O)OC(C)(C)C)c1N. The van der Waals surface area contributed by atoms with Gasteiger partial charge < -0.3 is 15.8 Å². The van der Waals surface area contributed by atoms with Crippen molar-refractivity contribution in [1.29, 1.82) is 0 Å². The lowest BCUT2D eigenvalue weighted by Gasteiger charge is -2.28. The number of carbonyl (C=O) groups is 2. The second-order valence-corrected chi connectivity index (χ2v) is 7.36. The Bertz CT molecular complexity index is 655. The van der Waals surface area contributed by atoms with E-state index in [4.69, 9.17) is 22.1 Å². The Morgan fingerprint density at radius 2 is 2.04 bits per heavy atom. The van der Waals surface area contributed by atoms with E-state index in [0.717, 1.165) is 6.42 Å². The maximum Gasteiger partial charge on any atom is 0.410 e. The Morgan fingerprint density at radius 1 is 1.38 bits per heavy atom. The number of nitrogens with zero attached hydrogens (tertiary/aromatic N) is 1.